The number of aromatic nitrogens is 2. The van der Waals surface area contributed by atoms with E-state index in [-0.39, 0.29) is 5.41 Å². The topological polar surface area (TPSA) is 61.0 Å². The van der Waals surface area contributed by atoms with Crippen molar-refractivity contribution in [3.63, 3.8) is 0 Å². The van der Waals surface area contributed by atoms with Crippen LogP contribution in [-0.2, 0) is 16.6 Å². The van der Waals surface area contributed by atoms with Crippen molar-refractivity contribution in [3.8, 4) is 0 Å². The van der Waals surface area contributed by atoms with Crippen LogP contribution in [0, 0.1) is 12.8 Å². The Kier molecular flexibility index (Phi) is 3.45. The average molecular weight is 235 g/mol. The first-order valence-corrected chi connectivity index (χ1v) is 6.18. The molecule has 0 atom stereocenters. The number of aryl methyl sites for hydroxylation is 1. The summed E-state index contributed by atoms with van der Waals surface area (Å²) in [5.41, 5.74) is 7.83. The Morgan fingerprint density at radius 2 is 2.12 bits per heavy atom. The highest BCUT2D eigenvalue weighted by Crippen LogP contribution is 2.29. The van der Waals surface area contributed by atoms with Gasteiger partial charge in [0.05, 0.1) is 18.6 Å². The Labute approximate surface area is 103 Å². The number of nitrogens with zero attached hydrogens (tertiary/aromatic N) is 2. The molecule has 1 aliphatic rings. The molecule has 2 N–H and O–H groups in total. The van der Waals surface area contributed by atoms with Gasteiger partial charge in [-0.2, -0.15) is 0 Å². The van der Waals surface area contributed by atoms with Gasteiger partial charge in [-0.05, 0) is 25.3 Å². The van der Waals surface area contributed by atoms with Gasteiger partial charge >= 0.3 is 0 Å². The SMILES string of the molecule is Cc1cc(CC(C)C)nc(C2(CN)COC2)n1. The third-order valence-electron chi connectivity index (χ3n) is 3.15. The first kappa shape index (κ1) is 12.5. The fourth-order valence-corrected chi connectivity index (χ4v) is 2.08. The second-order valence-corrected chi connectivity index (χ2v) is 5.40. The van der Waals surface area contributed by atoms with Crippen LogP contribution in [0.2, 0.25) is 0 Å². The lowest BCUT2D eigenvalue weighted by atomic mass is 9.85. The number of rotatable bonds is 4. The van der Waals surface area contributed by atoms with Gasteiger partial charge in [0.1, 0.15) is 5.82 Å². The second-order valence-electron chi connectivity index (χ2n) is 5.40. The summed E-state index contributed by atoms with van der Waals surface area (Å²) in [7, 11) is 0. The van der Waals surface area contributed by atoms with E-state index < -0.39 is 0 Å². The van der Waals surface area contributed by atoms with Gasteiger partial charge in [-0.3, -0.25) is 0 Å². The lowest BCUT2D eigenvalue weighted by Gasteiger charge is -2.39. The highest BCUT2D eigenvalue weighted by atomic mass is 16.5. The molecule has 94 valence electrons. The van der Waals surface area contributed by atoms with Crippen LogP contribution in [0.1, 0.15) is 31.1 Å². The third kappa shape index (κ3) is 2.48. The zero-order valence-electron chi connectivity index (χ0n) is 10.9. The molecule has 2 rings (SSSR count). The Morgan fingerprint density at radius 3 is 2.59 bits per heavy atom. The predicted octanol–water partition coefficient (Wildman–Crippen LogP) is 1.21. The molecule has 1 aliphatic heterocycles. The van der Waals surface area contributed by atoms with Crippen LogP contribution in [-0.4, -0.2) is 29.7 Å². The first-order valence-electron chi connectivity index (χ1n) is 6.18. The molecule has 4 nitrogen and oxygen atoms in total. The van der Waals surface area contributed by atoms with E-state index in [4.69, 9.17) is 10.5 Å². The van der Waals surface area contributed by atoms with Crippen molar-refractivity contribution in [1.29, 1.82) is 0 Å². The maximum absolute atomic E-state index is 5.84. The lowest BCUT2D eigenvalue weighted by molar-refractivity contribution is -0.0595. The standard InChI is InChI=1S/C13H21N3O/c1-9(2)4-11-5-10(3)15-12(16-11)13(6-14)7-17-8-13/h5,9H,4,6-8,14H2,1-3H3. The smallest absolute Gasteiger partial charge is 0.140 e. The van der Waals surface area contributed by atoms with E-state index in [2.05, 4.69) is 29.9 Å². The molecule has 4 heteroatoms. The second kappa shape index (κ2) is 4.70. The average Bonchev–Trinajstić information content (AvgIpc) is 2.14. The van der Waals surface area contributed by atoms with Gasteiger partial charge in [-0.15, -0.1) is 0 Å². The van der Waals surface area contributed by atoms with Gasteiger partial charge in [0.2, 0.25) is 0 Å². The van der Waals surface area contributed by atoms with E-state index in [9.17, 15) is 0 Å². The van der Waals surface area contributed by atoms with Crippen LogP contribution in [0.5, 0.6) is 0 Å². The van der Waals surface area contributed by atoms with Crippen molar-refractivity contribution in [2.45, 2.75) is 32.6 Å². The first-order chi connectivity index (χ1) is 8.05. The Morgan fingerprint density at radius 1 is 1.41 bits per heavy atom. The van der Waals surface area contributed by atoms with Gasteiger partial charge in [0.25, 0.3) is 0 Å². The molecule has 0 amide bonds. The number of hydrogen-bond donors (Lipinski definition) is 1. The summed E-state index contributed by atoms with van der Waals surface area (Å²) in [4.78, 5) is 9.20. The molecule has 1 aromatic rings. The largest absolute Gasteiger partial charge is 0.379 e. The van der Waals surface area contributed by atoms with E-state index in [1.807, 2.05) is 6.92 Å². The molecule has 0 aliphatic carbocycles. The zero-order valence-corrected chi connectivity index (χ0v) is 10.9. The van der Waals surface area contributed by atoms with Crippen molar-refractivity contribution in [1.82, 2.24) is 9.97 Å². The van der Waals surface area contributed by atoms with Crippen LogP contribution in [0.25, 0.3) is 0 Å². The summed E-state index contributed by atoms with van der Waals surface area (Å²) < 4.78 is 5.28. The fraction of sp³-hybridized carbons (Fsp3) is 0.692. The molecule has 1 saturated heterocycles. The summed E-state index contributed by atoms with van der Waals surface area (Å²) in [6, 6.07) is 2.06. The molecule has 0 unspecified atom stereocenters. The Hall–Kier alpha value is -1.00. The van der Waals surface area contributed by atoms with Crippen molar-refractivity contribution in [3.05, 3.63) is 23.3 Å². The normalized spacial score (nSPS) is 18.2. The maximum Gasteiger partial charge on any atom is 0.140 e. The summed E-state index contributed by atoms with van der Waals surface area (Å²) in [6.45, 7) is 8.25. The zero-order chi connectivity index (χ0) is 12.5. The monoisotopic (exact) mass is 235 g/mol. The molecular weight excluding hydrogens is 214 g/mol. The van der Waals surface area contributed by atoms with E-state index in [1.165, 1.54) is 0 Å². The summed E-state index contributed by atoms with van der Waals surface area (Å²) >= 11 is 0. The van der Waals surface area contributed by atoms with Gasteiger partial charge < -0.3 is 10.5 Å². The number of nitrogens with two attached hydrogens (primary N) is 1. The minimum atomic E-state index is -0.141. The quantitative estimate of drug-likeness (QED) is 0.852. The molecule has 0 spiro atoms. The third-order valence-corrected chi connectivity index (χ3v) is 3.15. The Bertz CT molecular complexity index is 394. The summed E-state index contributed by atoms with van der Waals surface area (Å²) in [5, 5.41) is 0. The van der Waals surface area contributed by atoms with Crippen molar-refractivity contribution < 1.29 is 4.74 Å². The maximum atomic E-state index is 5.84. The molecule has 0 radical (unpaired) electrons. The Balaban J connectivity index is 2.31. The molecule has 2 heterocycles. The van der Waals surface area contributed by atoms with E-state index in [0.717, 1.165) is 23.6 Å². The van der Waals surface area contributed by atoms with E-state index >= 15 is 0 Å². The highest BCUT2D eigenvalue weighted by molar-refractivity contribution is 5.19. The van der Waals surface area contributed by atoms with Crippen LogP contribution >= 0.6 is 0 Å². The molecule has 1 fully saturated rings. The van der Waals surface area contributed by atoms with Crippen molar-refractivity contribution >= 4 is 0 Å². The molecule has 0 aromatic carbocycles. The highest BCUT2D eigenvalue weighted by Gasteiger charge is 2.42. The van der Waals surface area contributed by atoms with Gasteiger partial charge in [0, 0.05) is 17.9 Å². The molecule has 17 heavy (non-hydrogen) atoms. The van der Waals surface area contributed by atoms with Crippen LogP contribution in [0.3, 0.4) is 0 Å². The summed E-state index contributed by atoms with van der Waals surface area (Å²) in [6.07, 6.45) is 0.984. The minimum Gasteiger partial charge on any atom is -0.379 e. The van der Waals surface area contributed by atoms with Gasteiger partial charge in [-0.1, -0.05) is 13.8 Å². The van der Waals surface area contributed by atoms with E-state index in [1.54, 1.807) is 0 Å². The van der Waals surface area contributed by atoms with Crippen LogP contribution < -0.4 is 5.73 Å². The van der Waals surface area contributed by atoms with E-state index in [0.29, 0.717) is 25.7 Å². The molecule has 0 saturated carbocycles. The van der Waals surface area contributed by atoms with Crippen LogP contribution in [0.4, 0.5) is 0 Å². The number of ether oxygens (including phenoxy) is 1. The molecule has 0 bridgehead atoms. The van der Waals surface area contributed by atoms with Gasteiger partial charge in [0.15, 0.2) is 0 Å². The van der Waals surface area contributed by atoms with Crippen molar-refractivity contribution in [2.24, 2.45) is 11.7 Å². The molecular formula is C13H21N3O. The summed E-state index contributed by atoms with van der Waals surface area (Å²) in [5.74, 6) is 1.46. The molecule has 1 aromatic heterocycles. The van der Waals surface area contributed by atoms with Crippen molar-refractivity contribution in [2.75, 3.05) is 19.8 Å². The van der Waals surface area contributed by atoms with Crippen LogP contribution in [0.15, 0.2) is 6.07 Å². The number of hydrogen-bond acceptors (Lipinski definition) is 4. The lowest BCUT2D eigenvalue weighted by Crippen LogP contribution is -2.53. The van der Waals surface area contributed by atoms with Gasteiger partial charge in [-0.25, -0.2) is 9.97 Å². The fourth-order valence-electron chi connectivity index (χ4n) is 2.08. The predicted molar refractivity (Wildman–Crippen MR) is 66.9 cm³/mol. The minimum absolute atomic E-state index is 0.141.